The standard InChI is InChI=1S/C19H19N3O4S/c1-4-9-27-19-21-17-15(18(24)22-19)12(10-14(23)20-17)11-7-6-8-13(25-3)16(11)26-5-2/h1,6-8,12H,5,9-10H2,2-3H3,(H2,20,21,22,23,24). The topological polar surface area (TPSA) is 93.3 Å². The van der Waals surface area contributed by atoms with Gasteiger partial charge in [-0.2, -0.15) is 0 Å². The van der Waals surface area contributed by atoms with Gasteiger partial charge in [0.2, 0.25) is 5.91 Å². The fourth-order valence-electron chi connectivity index (χ4n) is 3.06. The number of para-hydroxylation sites is 1. The summed E-state index contributed by atoms with van der Waals surface area (Å²) in [5.74, 6) is 3.46. The van der Waals surface area contributed by atoms with Crippen LogP contribution in [0.5, 0.6) is 11.5 Å². The lowest BCUT2D eigenvalue weighted by Gasteiger charge is -2.26. The van der Waals surface area contributed by atoms with Crippen LogP contribution in [0.1, 0.15) is 30.4 Å². The van der Waals surface area contributed by atoms with Gasteiger partial charge < -0.3 is 19.8 Å². The number of hydrogen-bond acceptors (Lipinski definition) is 6. The number of aromatic nitrogens is 2. The average Bonchev–Trinajstić information content (AvgIpc) is 2.65. The van der Waals surface area contributed by atoms with Crippen LogP contribution in [0.3, 0.4) is 0 Å². The molecule has 140 valence electrons. The number of rotatable bonds is 6. The van der Waals surface area contributed by atoms with E-state index in [2.05, 4.69) is 21.2 Å². The van der Waals surface area contributed by atoms with Crippen LogP contribution in [0.2, 0.25) is 0 Å². The van der Waals surface area contributed by atoms with Gasteiger partial charge in [0, 0.05) is 17.9 Å². The molecule has 7 nitrogen and oxygen atoms in total. The summed E-state index contributed by atoms with van der Waals surface area (Å²) in [6.45, 7) is 2.29. The first-order valence-corrected chi connectivity index (χ1v) is 9.37. The van der Waals surface area contributed by atoms with E-state index >= 15 is 0 Å². The maximum atomic E-state index is 12.8. The van der Waals surface area contributed by atoms with Gasteiger partial charge in [-0.05, 0) is 13.0 Å². The predicted molar refractivity (Wildman–Crippen MR) is 104 cm³/mol. The van der Waals surface area contributed by atoms with Crippen molar-refractivity contribution in [3.63, 3.8) is 0 Å². The third-order valence-corrected chi connectivity index (χ3v) is 4.89. The lowest BCUT2D eigenvalue weighted by atomic mass is 9.86. The van der Waals surface area contributed by atoms with Crippen LogP contribution in [-0.2, 0) is 4.79 Å². The van der Waals surface area contributed by atoms with Crippen molar-refractivity contribution in [2.24, 2.45) is 0 Å². The zero-order chi connectivity index (χ0) is 19.4. The van der Waals surface area contributed by atoms with Crippen molar-refractivity contribution in [1.29, 1.82) is 0 Å². The Kier molecular flexibility index (Phi) is 5.72. The van der Waals surface area contributed by atoms with Gasteiger partial charge in [-0.15, -0.1) is 6.42 Å². The van der Waals surface area contributed by atoms with Crippen molar-refractivity contribution in [2.75, 3.05) is 24.8 Å². The first kappa shape index (κ1) is 18.9. The van der Waals surface area contributed by atoms with E-state index in [9.17, 15) is 9.59 Å². The second-order valence-corrected chi connectivity index (χ2v) is 6.71. The minimum Gasteiger partial charge on any atom is -0.493 e. The molecule has 1 atom stereocenters. The normalized spacial score (nSPS) is 15.4. The molecule has 1 aliphatic heterocycles. The van der Waals surface area contributed by atoms with Gasteiger partial charge in [0.15, 0.2) is 16.7 Å². The maximum Gasteiger partial charge on any atom is 0.257 e. The van der Waals surface area contributed by atoms with Gasteiger partial charge in [0.25, 0.3) is 5.56 Å². The Hall–Kier alpha value is -2.92. The minimum absolute atomic E-state index is 0.113. The molecule has 1 unspecified atom stereocenters. The van der Waals surface area contributed by atoms with Gasteiger partial charge in [-0.1, -0.05) is 29.8 Å². The number of aromatic amines is 1. The molecule has 1 aromatic heterocycles. The summed E-state index contributed by atoms with van der Waals surface area (Å²) in [6, 6.07) is 5.42. The molecule has 0 saturated carbocycles. The molecule has 0 saturated heterocycles. The Morgan fingerprint density at radius 2 is 2.22 bits per heavy atom. The van der Waals surface area contributed by atoms with Crippen LogP contribution in [-0.4, -0.2) is 35.3 Å². The summed E-state index contributed by atoms with van der Waals surface area (Å²) < 4.78 is 11.2. The largest absolute Gasteiger partial charge is 0.493 e. The van der Waals surface area contributed by atoms with Crippen LogP contribution in [0.4, 0.5) is 5.82 Å². The molecular weight excluding hydrogens is 366 g/mol. The zero-order valence-corrected chi connectivity index (χ0v) is 15.8. The minimum atomic E-state index is -0.492. The number of anilines is 1. The van der Waals surface area contributed by atoms with Crippen LogP contribution in [0, 0.1) is 12.3 Å². The molecule has 0 aliphatic carbocycles. The Balaban J connectivity index is 2.14. The van der Waals surface area contributed by atoms with E-state index in [1.807, 2.05) is 19.1 Å². The summed E-state index contributed by atoms with van der Waals surface area (Å²) >= 11 is 1.22. The summed E-state index contributed by atoms with van der Waals surface area (Å²) in [6.07, 6.45) is 5.37. The molecule has 1 aromatic carbocycles. The number of H-pyrrole nitrogens is 1. The van der Waals surface area contributed by atoms with Gasteiger partial charge in [0.05, 0.1) is 25.0 Å². The van der Waals surface area contributed by atoms with Gasteiger partial charge in [-0.25, -0.2) is 4.98 Å². The molecular formula is C19H19N3O4S. The zero-order valence-electron chi connectivity index (χ0n) is 15.0. The predicted octanol–water partition coefficient (Wildman–Crippen LogP) is 2.38. The summed E-state index contributed by atoms with van der Waals surface area (Å²) in [4.78, 5) is 32.2. The number of ether oxygens (including phenoxy) is 2. The highest BCUT2D eigenvalue weighted by Gasteiger charge is 2.33. The number of carbonyl (C=O) groups excluding carboxylic acids is 1. The molecule has 0 fully saturated rings. The molecule has 3 rings (SSSR count). The Labute approximate surface area is 160 Å². The monoisotopic (exact) mass is 385 g/mol. The van der Waals surface area contributed by atoms with Crippen LogP contribution in [0.25, 0.3) is 0 Å². The van der Waals surface area contributed by atoms with E-state index in [4.69, 9.17) is 15.9 Å². The van der Waals surface area contributed by atoms with E-state index in [1.54, 1.807) is 13.2 Å². The third-order valence-electron chi connectivity index (χ3n) is 4.11. The molecule has 1 amide bonds. The van der Waals surface area contributed by atoms with Crippen molar-refractivity contribution in [1.82, 2.24) is 9.97 Å². The van der Waals surface area contributed by atoms with E-state index in [1.165, 1.54) is 11.8 Å². The second-order valence-electron chi connectivity index (χ2n) is 5.74. The van der Waals surface area contributed by atoms with E-state index in [0.29, 0.717) is 40.1 Å². The smallest absolute Gasteiger partial charge is 0.257 e. The maximum absolute atomic E-state index is 12.8. The van der Waals surface area contributed by atoms with Crippen molar-refractivity contribution in [2.45, 2.75) is 24.4 Å². The number of benzene rings is 1. The van der Waals surface area contributed by atoms with Gasteiger partial charge in [-0.3, -0.25) is 9.59 Å². The average molecular weight is 385 g/mol. The fourth-order valence-corrected chi connectivity index (χ4v) is 3.60. The number of amides is 1. The number of fused-ring (bicyclic) bond motifs is 1. The Morgan fingerprint density at radius 3 is 2.93 bits per heavy atom. The first-order chi connectivity index (χ1) is 13.1. The lowest BCUT2D eigenvalue weighted by Crippen LogP contribution is -2.31. The number of nitrogens with one attached hydrogen (secondary N) is 2. The lowest BCUT2D eigenvalue weighted by molar-refractivity contribution is -0.116. The summed E-state index contributed by atoms with van der Waals surface area (Å²) in [5, 5.41) is 3.06. The number of carbonyl (C=O) groups is 1. The molecule has 0 spiro atoms. The van der Waals surface area contributed by atoms with Crippen LogP contribution in [0.15, 0.2) is 28.2 Å². The first-order valence-electron chi connectivity index (χ1n) is 8.39. The van der Waals surface area contributed by atoms with E-state index < -0.39 is 5.92 Å². The Morgan fingerprint density at radius 1 is 1.41 bits per heavy atom. The highest BCUT2D eigenvalue weighted by atomic mass is 32.2. The molecule has 2 heterocycles. The molecule has 0 radical (unpaired) electrons. The van der Waals surface area contributed by atoms with Crippen LogP contribution >= 0.6 is 11.8 Å². The number of hydrogen-bond donors (Lipinski definition) is 2. The molecule has 2 N–H and O–H groups in total. The van der Waals surface area contributed by atoms with Gasteiger partial charge in [0.1, 0.15) is 5.82 Å². The SMILES string of the molecule is C#CCSc1nc2c(c(=O)[nH]1)C(c1cccc(OC)c1OCC)CC(=O)N2. The highest BCUT2D eigenvalue weighted by molar-refractivity contribution is 7.99. The van der Waals surface area contributed by atoms with Gasteiger partial charge >= 0.3 is 0 Å². The number of terminal acetylenes is 1. The molecule has 27 heavy (non-hydrogen) atoms. The van der Waals surface area contributed by atoms with Crippen LogP contribution < -0.4 is 20.3 Å². The number of methoxy groups -OCH3 is 1. The number of thioether (sulfide) groups is 1. The molecule has 0 bridgehead atoms. The molecule has 1 aliphatic rings. The second kappa shape index (κ2) is 8.18. The third kappa shape index (κ3) is 3.78. The van der Waals surface area contributed by atoms with Crippen molar-refractivity contribution in [3.8, 4) is 23.8 Å². The van der Waals surface area contributed by atoms with Crippen molar-refractivity contribution in [3.05, 3.63) is 39.7 Å². The quantitative estimate of drug-likeness (QED) is 0.451. The highest BCUT2D eigenvalue weighted by Crippen LogP contribution is 2.42. The van der Waals surface area contributed by atoms with E-state index in [0.717, 1.165) is 0 Å². The van der Waals surface area contributed by atoms with Crippen molar-refractivity contribution < 1.29 is 14.3 Å². The number of nitrogens with zero attached hydrogens (tertiary/aromatic N) is 1. The van der Waals surface area contributed by atoms with E-state index in [-0.39, 0.29) is 23.7 Å². The summed E-state index contributed by atoms with van der Waals surface area (Å²) in [5.41, 5.74) is 0.798. The fraction of sp³-hybridized carbons (Fsp3) is 0.316. The Bertz CT molecular complexity index is 964. The summed E-state index contributed by atoms with van der Waals surface area (Å²) in [7, 11) is 1.55. The molecule has 2 aromatic rings. The molecule has 8 heteroatoms. The van der Waals surface area contributed by atoms with Crippen molar-refractivity contribution >= 4 is 23.5 Å².